The molecule has 0 saturated carbocycles. The van der Waals surface area contributed by atoms with Crippen molar-refractivity contribution in [1.82, 2.24) is 15.1 Å². The van der Waals surface area contributed by atoms with Crippen LogP contribution in [-0.2, 0) is 4.79 Å². The molecule has 2 saturated heterocycles. The molecule has 5 rings (SSSR count). The van der Waals surface area contributed by atoms with E-state index in [-0.39, 0.29) is 11.8 Å². The van der Waals surface area contributed by atoms with E-state index in [0.717, 1.165) is 55.2 Å². The standard InChI is InChI=1S/C26H26Cl3N5O/c27-20-5-3-18(4-6-20)24-9-10-25(31-30-24)34-11-1-2-19(17-34)26(35)33-14-12-32(13-15-33)21-7-8-22(28)23(29)16-21/h3-10,16,19H,1-2,11-15,17H2. The van der Waals surface area contributed by atoms with Crippen molar-refractivity contribution in [2.75, 3.05) is 49.1 Å². The fourth-order valence-corrected chi connectivity index (χ4v) is 5.20. The summed E-state index contributed by atoms with van der Waals surface area (Å²) in [5, 5.41) is 10.7. The maximum absolute atomic E-state index is 13.3. The maximum atomic E-state index is 13.3. The number of hydrogen-bond donors (Lipinski definition) is 0. The lowest BCUT2D eigenvalue weighted by Crippen LogP contribution is -2.52. The van der Waals surface area contributed by atoms with Crippen molar-refractivity contribution < 1.29 is 4.79 Å². The number of benzene rings is 2. The van der Waals surface area contributed by atoms with E-state index in [4.69, 9.17) is 34.8 Å². The lowest BCUT2D eigenvalue weighted by atomic mass is 9.96. The molecule has 2 aliphatic heterocycles. The van der Waals surface area contributed by atoms with Crippen LogP contribution in [-0.4, -0.2) is 60.3 Å². The number of rotatable bonds is 4. The van der Waals surface area contributed by atoms with Crippen LogP contribution >= 0.6 is 34.8 Å². The Labute approximate surface area is 220 Å². The molecule has 0 radical (unpaired) electrons. The van der Waals surface area contributed by atoms with Gasteiger partial charge in [-0.15, -0.1) is 10.2 Å². The van der Waals surface area contributed by atoms with Gasteiger partial charge in [-0.05, 0) is 55.3 Å². The predicted molar refractivity (Wildman–Crippen MR) is 143 cm³/mol. The molecule has 0 bridgehead atoms. The van der Waals surface area contributed by atoms with Gasteiger partial charge in [0.2, 0.25) is 5.91 Å². The second-order valence-corrected chi connectivity index (χ2v) is 10.2. The number of hydrogen-bond acceptors (Lipinski definition) is 5. The van der Waals surface area contributed by atoms with Gasteiger partial charge in [0, 0.05) is 55.5 Å². The zero-order valence-corrected chi connectivity index (χ0v) is 21.5. The molecule has 6 nitrogen and oxygen atoms in total. The summed E-state index contributed by atoms with van der Waals surface area (Å²) < 4.78 is 0. The molecule has 35 heavy (non-hydrogen) atoms. The molecule has 2 aromatic carbocycles. The Kier molecular flexibility index (Phi) is 7.32. The van der Waals surface area contributed by atoms with Gasteiger partial charge in [-0.25, -0.2) is 0 Å². The van der Waals surface area contributed by atoms with Crippen LogP contribution in [0.3, 0.4) is 0 Å². The molecular formula is C26H26Cl3N5O. The van der Waals surface area contributed by atoms with Gasteiger partial charge >= 0.3 is 0 Å². The molecule has 3 aromatic rings. The highest BCUT2D eigenvalue weighted by atomic mass is 35.5. The van der Waals surface area contributed by atoms with E-state index in [1.165, 1.54) is 0 Å². The number of nitrogens with zero attached hydrogens (tertiary/aromatic N) is 5. The SMILES string of the molecule is O=C(C1CCCN(c2ccc(-c3ccc(Cl)cc3)nn2)C1)N1CCN(c2ccc(Cl)c(Cl)c2)CC1. The molecule has 0 aliphatic carbocycles. The molecule has 0 spiro atoms. The Bertz CT molecular complexity index is 1180. The van der Waals surface area contributed by atoms with E-state index in [0.29, 0.717) is 34.7 Å². The van der Waals surface area contributed by atoms with Gasteiger partial charge in [-0.2, -0.15) is 0 Å². The summed E-state index contributed by atoms with van der Waals surface area (Å²) in [7, 11) is 0. The molecule has 3 heterocycles. The number of amides is 1. The lowest BCUT2D eigenvalue weighted by Gasteiger charge is -2.40. The second-order valence-electron chi connectivity index (χ2n) is 8.98. The molecule has 2 fully saturated rings. The van der Waals surface area contributed by atoms with E-state index in [1.807, 2.05) is 59.5 Å². The zero-order chi connectivity index (χ0) is 24.4. The maximum Gasteiger partial charge on any atom is 0.227 e. The van der Waals surface area contributed by atoms with Crippen molar-refractivity contribution in [3.05, 3.63) is 69.7 Å². The van der Waals surface area contributed by atoms with Gasteiger partial charge in [0.05, 0.1) is 21.7 Å². The van der Waals surface area contributed by atoms with Gasteiger partial charge in [0.25, 0.3) is 0 Å². The van der Waals surface area contributed by atoms with E-state index in [9.17, 15) is 4.79 Å². The van der Waals surface area contributed by atoms with E-state index >= 15 is 0 Å². The first-order valence-electron chi connectivity index (χ1n) is 11.8. The fraction of sp³-hybridized carbons (Fsp3) is 0.346. The summed E-state index contributed by atoms with van der Waals surface area (Å²) in [5.41, 5.74) is 2.81. The third-order valence-corrected chi connectivity index (χ3v) is 7.74. The quantitative estimate of drug-likeness (QED) is 0.435. The summed E-state index contributed by atoms with van der Waals surface area (Å²) in [6, 6.07) is 17.2. The summed E-state index contributed by atoms with van der Waals surface area (Å²) in [6.45, 7) is 4.50. The highest BCUT2D eigenvalue weighted by Crippen LogP contribution is 2.29. The minimum absolute atomic E-state index is 0.0296. The van der Waals surface area contributed by atoms with Crippen LogP contribution in [0.25, 0.3) is 11.3 Å². The summed E-state index contributed by atoms with van der Waals surface area (Å²) in [6.07, 6.45) is 1.86. The topological polar surface area (TPSA) is 52.6 Å². The third-order valence-electron chi connectivity index (χ3n) is 6.74. The monoisotopic (exact) mass is 529 g/mol. The van der Waals surface area contributed by atoms with Crippen molar-refractivity contribution in [1.29, 1.82) is 0 Å². The molecule has 1 atom stereocenters. The van der Waals surface area contributed by atoms with Crippen LogP contribution in [0.2, 0.25) is 15.1 Å². The molecule has 1 unspecified atom stereocenters. The van der Waals surface area contributed by atoms with E-state index < -0.39 is 0 Å². The summed E-state index contributed by atoms with van der Waals surface area (Å²) in [5.74, 6) is 1.01. The fourth-order valence-electron chi connectivity index (χ4n) is 4.78. The molecule has 1 amide bonds. The average molecular weight is 531 g/mol. The Morgan fingerprint density at radius 3 is 2.26 bits per heavy atom. The number of carbonyl (C=O) groups is 1. The minimum Gasteiger partial charge on any atom is -0.368 e. The zero-order valence-electron chi connectivity index (χ0n) is 19.2. The number of piperazine rings is 1. The average Bonchev–Trinajstić information content (AvgIpc) is 2.90. The molecule has 1 aromatic heterocycles. The van der Waals surface area contributed by atoms with Crippen molar-refractivity contribution in [2.24, 2.45) is 5.92 Å². The smallest absolute Gasteiger partial charge is 0.227 e. The first-order valence-corrected chi connectivity index (χ1v) is 12.9. The van der Waals surface area contributed by atoms with Crippen molar-refractivity contribution in [3.8, 4) is 11.3 Å². The Balaban J connectivity index is 1.18. The van der Waals surface area contributed by atoms with Gasteiger partial charge < -0.3 is 14.7 Å². The molecular weight excluding hydrogens is 505 g/mol. The van der Waals surface area contributed by atoms with E-state index in [2.05, 4.69) is 20.0 Å². The highest BCUT2D eigenvalue weighted by molar-refractivity contribution is 6.42. The largest absolute Gasteiger partial charge is 0.368 e. The van der Waals surface area contributed by atoms with Crippen molar-refractivity contribution in [3.63, 3.8) is 0 Å². The normalized spacial score (nSPS) is 18.6. The number of piperidine rings is 1. The minimum atomic E-state index is -0.0296. The van der Waals surface area contributed by atoms with Crippen LogP contribution in [0, 0.1) is 5.92 Å². The molecule has 182 valence electrons. The van der Waals surface area contributed by atoms with Gasteiger partial charge in [0.15, 0.2) is 5.82 Å². The Morgan fingerprint density at radius 1 is 0.800 bits per heavy atom. The van der Waals surface area contributed by atoms with Gasteiger partial charge in [-0.1, -0.05) is 46.9 Å². The molecule has 2 aliphatic rings. The second kappa shape index (κ2) is 10.6. The number of anilines is 2. The highest BCUT2D eigenvalue weighted by Gasteiger charge is 2.31. The first kappa shape index (κ1) is 24.2. The van der Waals surface area contributed by atoms with Crippen molar-refractivity contribution in [2.45, 2.75) is 12.8 Å². The first-order chi connectivity index (χ1) is 17.0. The Hall–Kier alpha value is -2.54. The van der Waals surface area contributed by atoms with Crippen LogP contribution in [0.15, 0.2) is 54.6 Å². The predicted octanol–water partition coefficient (Wildman–Crippen LogP) is 5.67. The Morgan fingerprint density at radius 2 is 1.57 bits per heavy atom. The number of aromatic nitrogens is 2. The van der Waals surface area contributed by atoms with E-state index in [1.54, 1.807) is 0 Å². The van der Waals surface area contributed by atoms with Crippen LogP contribution in [0.4, 0.5) is 11.5 Å². The molecule has 0 N–H and O–H groups in total. The van der Waals surface area contributed by atoms with Gasteiger partial charge in [-0.3, -0.25) is 4.79 Å². The van der Waals surface area contributed by atoms with Crippen LogP contribution in [0.1, 0.15) is 12.8 Å². The van der Waals surface area contributed by atoms with Crippen molar-refractivity contribution >= 4 is 52.2 Å². The summed E-state index contributed by atoms with van der Waals surface area (Å²) in [4.78, 5) is 19.8. The third kappa shape index (κ3) is 5.50. The van der Waals surface area contributed by atoms with Gasteiger partial charge in [0.1, 0.15) is 0 Å². The molecule has 9 heteroatoms. The number of halogens is 3. The van der Waals surface area contributed by atoms with Crippen LogP contribution in [0.5, 0.6) is 0 Å². The summed E-state index contributed by atoms with van der Waals surface area (Å²) >= 11 is 18.2. The van der Waals surface area contributed by atoms with Crippen LogP contribution < -0.4 is 9.80 Å². The number of carbonyl (C=O) groups excluding carboxylic acids is 1. The lowest BCUT2D eigenvalue weighted by molar-refractivity contribution is -0.136.